The maximum Gasteiger partial charge on any atom is 0.404 e. The lowest BCUT2D eigenvalue weighted by molar-refractivity contribution is 0.194. The summed E-state index contributed by atoms with van der Waals surface area (Å²) in [5.74, 6) is 0. The summed E-state index contributed by atoms with van der Waals surface area (Å²) >= 11 is 0. The van der Waals surface area contributed by atoms with Crippen LogP contribution in [0.1, 0.15) is 11.3 Å². The Labute approximate surface area is 128 Å². The summed E-state index contributed by atoms with van der Waals surface area (Å²) in [6.45, 7) is 2.31. The predicted molar refractivity (Wildman–Crippen MR) is 85.8 cm³/mol. The monoisotopic (exact) mass is 295 g/mol. The van der Waals surface area contributed by atoms with E-state index in [9.17, 15) is 4.79 Å². The molecule has 2 aromatic heterocycles. The van der Waals surface area contributed by atoms with Crippen molar-refractivity contribution in [3.63, 3.8) is 0 Å². The average Bonchev–Trinajstić information content (AvgIpc) is 2.77. The molecule has 0 aliphatic rings. The largest absolute Gasteiger partial charge is 0.465 e. The Hall–Kier alpha value is -2.82. The zero-order valence-corrected chi connectivity index (χ0v) is 12.5. The SMILES string of the molecule is Cc1c(CNC(=O)O)c2cc(-c3ccncc3)ccc2n1C. The van der Waals surface area contributed by atoms with Crippen molar-refractivity contribution in [2.45, 2.75) is 13.5 Å². The van der Waals surface area contributed by atoms with Crippen molar-refractivity contribution < 1.29 is 9.90 Å². The molecule has 0 spiro atoms. The summed E-state index contributed by atoms with van der Waals surface area (Å²) in [5, 5.41) is 12.4. The van der Waals surface area contributed by atoms with Crippen LogP contribution in [0.4, 0.5) is 4.79 Å². The first kappa shape index (κ1) is 14.1. The van der Waals surface area contributed by atoms with Gasteiger partial charge in [0.1, 0.15) is 0 Å². The molecular weight excluding hydrogens is 278 g/mol. The molecule has 112 valence electrons. The third-order valence-electron chi connectivity index (χ3n) is 4.05. The standard InChI is InChI=1S/C17H17N3O2/c1-11-15(10-19-17(21)22)14-9-13(3-4-16(14)20(11)2)12-5-7-18-8-6-12/h3-9,19H,10H2,1-2H3,(H,21,22). The van der Waals surface area contributed by atoms with E-state index in [1.54, 1.807) is 12.4 Å². The molecule has 0 aliphatic carbocycles. The van der Waals surface area contributed by atoms with E-state index in [-0.39, 0.29) is 0 Å². The topological polar surface area (TPSA) is 67.2 Å². The van der Waals surface area contributed by atoms with Crippen LogP contribution in [-0.2, 0) is 13.6 Å². The maximum atomic E-state index is 10.8. The van der Waals surface area contributed by atoms with E-state index >= 15 is 0 Å². The van der Waals surface area contributed by atoms with Gasteiger partial charge in [-0.15, -0.1) is 0 Å². The van der Waals surface area contributed by atoms with Gasteiger partial charge < -0.3 is 15.0 Å². The second-order valence-corrected chi connectivity index (χ2v) is 5.25. The minimum absolute atomic E-state index is 0.304. The first-order valence-corrected chi connectivity index (χ1v) is 7.03. The Bertz CT molecular complexity index is 838. The second kappa shape index (κ2) is 5.52. The first-order chi connectivity index (χ1) is 10.6. The van der Waals surface area contributed by atoms with Crippen molar-refractivity contribution >= 4 is 17.0 Å². The van der Waals surface area contributed by atoms with Crippen molar-refractivity contribution in [2.24, 2.45) is 7.05 Å². The van der Waals surface area contributed by atoms with Gasteiger partial charge in [-0.1, -0.05) is 6.07 Å². The minimum Gasteiger partial charge on any atom is -0.465 e. The molecule has 0 saturated heterocycles. The van der Waals surface area contributed by atoms with E-state index in [2.05, 4.69) is 33.1 Å². The van der Waals surface area contributed by atoms with Gasteiger partial charge in [0.2, 0.25) is 0 Å². The summed E-state index contributed by atoms with van der Waals surface area (Å²) in [6.07, 6.45) is 2.52. The lowest BCUT2D eigenvalue weighted by atomic mass is 10.0. The molecule has 22 heavy (non-hydrogen) atoms. The summed E-state index contributed by atoms with van der Waals surface area (Å²) in [6, 6.07) is 10.2. The van der Waals surface area contributed by atoms with Crippen LogP contribution >= 0.6 is 0 Å². The molecule has 1 amide bonds. The highest BCUT2D eigenvalue weighted by molar-refractivity contribution is 5.90. The van der Waals surface area contributed by atoms with Crippen molar-refractivity contribution in [1.82, 2.24) is 14.9 Å². The Morgan fingerprint density at radius 2 is 1.95 bits per heavy atom. The van der Waals surface area contributed by atoms with Gasteiger partial charge >= 0.3 is 6.09 Å². The number of hydrogen-bond acceptors (Lipinski definition) is 2. The molecule has 1 aromatic carbocycles. The molecule has 2 N–H and O–H groups in total. The van der Waals surface area contributed by atoms with E-state index in [1.807, 2.05) is 26.1 Å². The zero-order valence-electron chi connectivity index (χ0n) is 12.5. The van der Waals surface area contributed by atoms with Crippen LogP contribution in [0.5, 0.6) is 0 Å². The van der Waals surface area contributed by atoms with E-state index in [1.165, 1.54) is 0 Å². The molecule has 0 aliphatic heterocycles. The number of carboxylic acid groups (broad SMARTS) is 1. The molecule has 0 atom stereocenters. The number of aryl methyl sites for hydroxylation is 1. The number of carbonyl (C=O) groups is 1. The fraction of sp³-hybridized carbons (Fsp3) is 0.176. The zero-order chi connectivity index (χ0) is 15.7. The van der Waals surface area contributed by atoms with Gasteiger partial charge in [-0.25, -0.2) is 4.79 Å². The summed E-state index contributed by atoms with van der Waals surface area (Å²) in [5.41, 5.74) is 5.36. The van der Waals surface area contributed by atoms with Gasteiger partial charge in [0.15, 0.2) is 0 Å². The molecule has 2 heterocycles. The molecule has 0 radical (unpaired) electrons. The number of amides is 1. The first-order valence-electron chi connectivity index (χ1n) is 7.03. The molecule has 0 bridgehead atoms. The van der Waals surface area contributed by atoms with E-state index < -0.39 is 6.09 Å². The second-order valence-electron chi connectivity index (χ2n) is 5.25. The molecule has 0 fully saturated rings. The van der Waals surface area contributed by atoms with Crippen molar-refractivity contribution in [3.05, 3.63) is 54.0 Å². The number of benzene rings is 1. The average molecular weight is 295 g/mol. The van der Waals surface area contributed by atoms with E-state index in [4.69, 9.17) is 5.11 Å². The number of fused-ring (bicyclic) bond motifs is 1. The molecule has 3 rings (SSSR count). The fourth-order valence-corrected chi connectivity index (χ4v) is 2.76. The van der Waals surface area contributed by atoms with Crippen LogP contribution in [0.2, 0.25) is 0 Å². The molecule has 5 heteroatoms. The number of aromatic nitrogens is 2. The lowest BCUT2D eigenvalue weighted by Crippen LogP contribution is -2.20. The number of nitrogens with zero attached hydrogens (tertiary/aromatic N) is 2. The van der Waals surface area contributed by atoms with Crippen molar-refractivity contribution in [3.8, 4) is 11.1 Å². The molecular formula is C17H17N3O2. The quantitative estimate of drug-likeness (QED) is 0.779. The highest BCUT2D eigenvalue weighted by Crippen LogP contribution is 2.29. The number of rotatable bonds is 3. The Kier molecular flexibility index (Phi) is 3.55. The predicted octanol–water partition coefficient (Wildman–Crippen LogP) is 3.32. The van der Waals surface area contributed by atoms with Crippen LogP contribution in [0.3, 0.4) is 0 Å². The fourth-order valence-electron chi connectivity index (χ4n) is 2.76. The Morgan fingerprint density at radius 3 is 2.64 bits per heavy atom. The normalized spacial score (nSPS) is 10.8. The van der Waals surface area contributed by atoms with Crippen molar-refractivity contribution in [1.29, 1.82) is 0 Å². The summed E-state index contributed by atoms with van der Waals surface area (Å²) in [4.78, 5) is 14.8. The van der Waals surface area contributed by atoms with Gasteiger partial charge in [-0.05, 0) is 47.9 Å². The Balaban J connectivity index is 2.13. The number of nitrogens with one attached hydrogen (secondary N) is 1. The molecule has 3 aromatic rings. The van der Waals surface area contributed by atoms with Crippen molar-refractivity contribution in [2.75, 3.05) is 0 Å². The maximum absolute atomic E-state index is 10.8. The number of pyridine rings is 1. The molecule has 0 unspecified atom stereocenters. The number of hydrogen-bond donors (Lipinski definition) is 2. The summed E-state index contributed by atoms with van der Waals surface area (Å²) in [7, 11) is 1.99. The minimum atomic E-state index is -1.01. The summed E-state index contributed by atoms with van der Waals surface area (Å²) < 4.78 is 2.09. The molecule has 5 nitrogen and oxygen atoms in total. The highest BCUT2D eigenvalue weighted by Gasteiger charge is 2.13. The van der Waals surface area contributed by atoms with E-state index in [0.29, 0.717) is 6.54 Å². The van der Waals surface area contributed by atoms with Crippen LogP contribution in [0.25, 0.3) is 22.0 Å². The van der Waals surface area contributed by atoms with Gasteiger partial charge in [-0.2, -0.15) is 0 Å². The van der Waals surface area contributed by atoms with Crippen LogP contribution in [-0.4, -0.2) is 20.8 Å². The van der Waals surface area contributed by atoms with Crippen LogP contribution in [0, 0.1) is 6.92 Å². The van der Waals surface area contributed by atoms with Gasteiger partial charge in [0.25, 0.3) is 0 Å². The molecule has 0 saturated carbocycles. The lowest BCUT2D eigenvalue weighted by Gasteiger charge is -2.04. The highest BCUT2D eigenvalue weighted by atomic mass is 16.4. The van der Waals surface area contributed by atoms with Crippen LogP contribution < -0.4 is 5.32 Å². The third kappa shape index (κ3) is 2.41. The smallest absolute Gasteiger partial charge is 0.404 e. The Morgan fingerprint density at radius 1 is 1.23 bits per heavy atom. The van der Waals surface area contributed by atoms with E-state index in [0.717, 1.165) is 33.3 Å². The third-order valence-corrected chi connectivity index (χ3v) is 4.05. The van der Waals surface area contributed by atoms with Gasteiger partial charge in [-0.3, -0.25) is 4.98 Å². The van der Waals surface area contributed by atoms with Gasteiger partial charge in [0.05, 0.1) is 0 Å². The van der Waals surface area contributed by atoms with Crippen LogP contribution in [0.15, 0.2) is 42.7 Å². The van der Waals surface area contributed by atoms with Gasteiger partial charge in [0, 0.05) is 42.6 Å².